The van der Waals surface area contributed by atoms with Crippen molar-refractivity contribution in [2.75, 3.05) is 19.2 Å². The van der Waals surface area contributed by atoms with Gasteiger partial charge in [0, 0.05) is 23.8 Å². The van der Waals surface area contributed by atoms with Gasteiger partial charge in [-0.1, -0.05) is 84.9 Å². The predicted molar refractivity (Wildman–Crippen MR) is 249 cm³/mol. The molecule has 9 heteroatoms. The third-order valence-corrected chi connectivity index (χ3v) is 11.3. The minimum Gasteiger partial charge on any atom is -0.361 e. The van der Waals surface area contributed by atoms with E-state index in [0.29, 0.717) is 0 Å². The molecule has 7 aromatic carbocycles. The normalized spacial score (nSPS) is 12.9. The van der Waals surface area contributed by atoms with Gasteiger partial charge in [-0.15, -0.1) is 82.7 Å². The predicted octanol–water partition coefficient (Wildman–Crippen LogP) is 10.8. The summed E-state index contributed by atoms with van der Waals surface area (Å²) in [6, 6.07) is 80.0. The molecule has 11 rings (SSSR count). The van der Waals surface area contributed by atoms with E-state index in [0.717, 1.165) is 78.9 Å². The largest absolute Gasteiger partial charge is 2.00 e. The Kier molecular flexibility index (Phi) is 10.3. The fourth-order valence-electron chi connectivity index (χ4n) is 8.83. The maximum atomic E-state index is 4.87. The molecule has 0 aliphatic carbocycles. The summed E-state index contributed by atoms with van der Waals surface area (Å²) in [5.41, 5.74) is 12.8. The van der Waals surface area contributed by atoms with Crippen molar-refractivity contribution in [2.24, 2.45) is 0 Å². The molecule has 2 aliphatic heterocycles. The standard InChI is InChI=1S/C52H36B2N6.Pt/c1-3-23-43(24-4-1)57-47-29-9-11-31-49(47)59(51-33-13-15-35-55-51)53(57)41-21-17-19-39(37-41)45-27-7-8-28-46(45)40-20-18-22-42(38-40)54-58(44-25-5-2-6-26-44)48-30-10-12-32-50(48)60(54)52-34-14-16-36-56-52;/h1-36H;/q-2;+2. The maximum Gasteiger partial charge on any atom is 2.00 e. The van der Waals surface area contributed by atoms with E-state index in [9.17, 15) is 0 Å². The van der Waals surface area contributed by atoms with Gasteiger partial charge in [0.1, 0.15) is 11.6 Å². The van der Waals surface area contributed by atoms with Crippen LogP contribution in [0.25, 0.3) is 22.3 Å². The number of aromatic nitrogens is 2. The minimum atomic E-state index is -0.243. The van der Waals surface area contributed by atoms with Gasteiger partial charge in [-0.2, -0.15) is 11.1 Å². The molecule has 0 atom stereocenters. The average molecular weight is 962 g/mol. The van der Waals surface area contributed by atoms with Gasteiger partial charge < -0.3 is 19.2 Å². The van der Waals surface area contributed by atoms with Gasteiger partial charge in [-0.3, -0.25) is 0 Å². The van der Waals surface area contributed by atoms with Crippen molar-refractivity contribution >= 4 is 70.7 Å². The van der Waals surface area contributed by atoms with Crippen LogP contribution >= 0.6 is 0 Å². The second-order valence-electron chi connectivity index (χ2n) is 14.8. The average Bonchev–Trinajstić information content (AvgIpc) is 3.87. The summed E-state index contributed by atoms with van der Waals surface area (Å²) in [5.74, 6) is 1.75. The van der Waals surface area contributed by atoms with Crippen molar-refractivity contribution in [3.05, 3.63) is 231 Å². The molecule has 0 unspecified atom stereocenters. The number of pyridine rings is 2. The zero-order valence-corrected chi connectivity index (χ0v) is 35.2. The Bertz CT molecular complexity index is 2610. The van der Waals surface area contributed by atoms with Gasteiger partial charge in [0.05, 0.1) is 22.7 Å². The van der Waals surface area contributed by atoms with Crippen LogP contribution in [-0.2, 0) is 21.1 Å². The molecule has 6 nitrogen and oxygen atoms in total. The first-order valence-corrected chi connectivity index (χ1v) is 20.2. The van der Waals surface area contributed by atoms with E-state index < -0.39 is 0 Å². The number of nitrogens with zero attached hydrogens (tertiary/aromatic N) is 6. The summed E-state index contributed by atoms with van der Waals surface area (Å²) >= 11 is 0. The molecule has 0 N–H and O–H groups in total. The van der Waals surface area contributed by atoms with Crippen LogP contribution in [0.15, 0.2) is 219 Å². The summed E-state index contributed by atoms with van der Waals surface area (Å²) in [6.07, 6.45) is 3.72. The van der Waals surface area contributed by atoms with E-state index >= 15 is 0 Å². The van der Waals surface area contributed by atoms with E-state index in [1.165, 1.54) is 0 Å². The van der Waals surface area contributed by atoms with Crippen molar-refractivity contribution in [3.8, 4) is 22.3 Å². The van der Waals surface area contributed by atoms with Crippen LogP contribution in [0.3, 0.4) is 0 Å². The second kappa shape index (κ2) is 16.5. The van der Waals surface area contributed by atoms with E-state index in [4.69, 9.17) is 9.97 Å². The molecule has 0 amide bonds. The molecule has 0 radical (unpaired) electrons. The van der Waals surface area contributed by atoms with Gasteiger partial charge in [0.15, 0.2) is 0 Å². The maximum absolute atomic E-state index is 4.87. The molecule has 2 aliphatic rings. The number of benzene rings is 7. The van der Waals surface area contributed by atoms with Gasteiger partial charge >= 0.3 is 35.0 Å². The number of hydrogen-bond acceptors (Lipinski definition) is 6. The Labute approximate surface area is 371 Å². The Morgan fingerprint density at radius 1 is 0.328 bits per heavy atom. The zero-order valence-electron chi connectivity index (χ0n) is 32.9. The molecule has 0 spiro atoms. The first kappa shape index (κ1) is 38.1. The van der Waals surface area contributed by atoms with Crippen LogP contribution < -0.4 is 30.2 Å². The summed E-state index contributed by atoms with van der Waals surface area (Å²) in [4.78, 5) is 19.2. The molecular weight excluding hydrogens is 925 g/mol. The fraction of sp³-hybridized carbons (Fsp3) is 0. The van der Waals surface area contributed by atoms with Crippen LogP contribution in [0.4, 0.5) is 45.8 Å². The Balaban J connectivity index is 0.00000445. The van der Waals surface area contributed by atoms with Crippen LogP contribution in [-0.4, -0.2) is 23.9 Å². The molecule has 290 valence electrons. The van der Waals surface area contributed by atoms with Gasteiger partial charge in [-0.25, -0.2) is 9.97 Å². The minimum absolute atomic E-state index is 0. The molecular formula is C52H36B2N6Pt. The number of hydrogen-bond donors (Lipinski definition) is 0. The van der Waals surface area contributed by atoms with E-state index in [2.05, 4.69) is 213 Å². The van der Waals surface area contributed by atoms with Crippen molar-refractivity contribution in [1.82, 2.24) is 9.97 Å². The summed E-state index contributed by atoms with van der Waals surface area (Å²) < 4.78 is 0. The number of para-hydroxylation sites is 6. The Morgan fingerprint density at radius 3 is 1.08 bits per heavy atom. The van der Waals surface area contributed by atoms with E-state index in [-0.39, 0.29) is 35.0 Å². The Hall–Kier alpha value is -7.14. The summed E-state index contributed by atoms with van der Waals surface area (Å²) in [5, 5.41) is 0. The van der Waals surface area contributed by atoms with Crippen LogP contribution in [0.5, 0.6) is 0 Å². The third-order valence-electron chi connectivity index (χ3n) is 11.3. The fourth-order valence-corrected chi connectivity index (χ4v) is 8.83. The number of fused-ring (bicyclic) bond motifs is 2. The topological polar surface area (TPSA) is 38.7 Å². The van der Waals surface area contributed by atoms with Crippen LogP contribution in [0, 0.1) is 12.1 Å². The number of anilines is 8. The van der Waals surface area contributed by atoms with E-state index in [1.54, 1.807) is 0 Å². The van der Waals surface area contributed by atoms with Crippen LogP contribution in [0.1, 0.15) is 0 Å². The zero-order chi connectivity index (χ0) is 39.8. The Morgan fingerprint density at radius 2 is 0.689 bits per heavy atom. The first-order valence-electron chi connectivity index (χ1n) is 20.2. The summed E-state index contributed by atoms with van der Waals surface area (Å²) in [6.45, 7) is -0.487. The smallest absolute Gasteiger partial charge is 0.361 e. The first-order chi connectivity index (χ1) is 29.8. The second-order valence-corrected chi connectivity index (χ2v) is 14.8. The molecule has 61 heavy (non-hydrogen) atoms. The monoisotopic (exact) mass is 961 g/mol. The molecule has 9 aromatic rings. The van der Waals surface area contributed by atoms with Crippen molar-refractivity contribution < 1.29 is 21.1 Å². The van der Waals surface area contributed by atoms with Crippen molar-refractivity contribution in [2.45, 2.75) is 0 Å². The van der Waals surface area contributed by atoms with Crippen molar-refractivity contribution in [3.63, 3.8) is 0 Å². The third kappa shape index (κ3) is 6.79. The van der Waals surface area contributed by atoms with Crippen LogP contribution in [0.2, 0.25) is 0 Å². The van der Waals surface area contributed by atoms with Gasteiger partial charge in [0.2, 0.25) is 0 Å². The quantitative estimate of drug-likeness (QED) is 0.112. The molecule has 0 saturated carbocycles. The van der Waals surface area contributed by atoms with Gasteiger partial charge in [-0.05, 0) is 72.8 Å². The number of rotatable bonds is 8. The molecule has 0 saturated heterocycles. The SMILES string of the molecule is [Pt+2].[c-]1c(B2N(c3ccccc3)c3ccccc3N2c2ccccn2)cccc1-c1ccccc1-c1[c-]c(B2N(c3ccccc3)c3ccccc3N2c2ccccn2)ccc1. The van der Waals surface area contributed by atoms with Gasteiger partial charge in [0.25, 0.3) is 0 Å². The summed E-state index contributed by atoms with van der Waals surface area (Å²) in [7, 11) is 0. The van der Waals surface area contributed by atoms with E-state index in [1.807, 2.05) is 36.7 Å². The van der Waals surface area contributed by atoms with Crippen molar-refractivity contribution in [1.29, 1.82) is 0 Å². The molecule has 0 bridgehead atoms. The molecule has 2 aromatic heterocycles. The molecule has 0 fully saturated rings. The molecule has 4 heterocycles.